The number of hydrogen-bond acceptors (Lipinski definition) is 10. The highest BCUT2D eigenvalue weighted by molar-refractivity contribution is 7.34. The maximum atomic E-state index is 14.8. The number of Topliss-reactive ketones (excluding diaryl/α,β-unsaturated/α-hetero) is 2. The molecule has 0 amide bonds. The monoisotopic (exact) mass is 1380 g/mol. The first-order chi connectivity index (χ1) is 49.1. The number of fused-ring (bicyclic) bond motifs is 11. The molecule has 0 radical (unpaired) electrons. The van der Waals surface area contributed by atoms with E-state index in [4.69, 9.17) is 0 Å². The highest BCUT2D eigenvalue weighted by Crippen LogP contribution is 2.70. The summed E-state index contributed by atoms with van der Waals surface area (Å²) in [6, 6.07) is 65.9. The molecule has 10 aromatic rings. The first-order valence-corrected chi connectivity index (χ1v) is 39.4. The highest BCUT2D eigenvalue weighted by Gasteiger charge is 2.55. The molecule has 0 unspecified atom stereocenters. The summed E-state index contributed by atoms with van der Waals surface area (Å²) in [7, 11) is 0. The second kappa shape index (κ2) is 29.5. The first-order valence-electron chi connectivity index (χ1n) is 36.2. The largest absolute Gasteiger partial charge is 0.289 e. The summed E-state index contributed by atoms with van der Waals surface area (Å²) in [6.45, 7) is 9.04. The third-order valence-electron chi connectivity index (χ3n) is 21.2. The molecule has 496 valence electrons. The fourth-order valence-electron chi connectivity index (χ4n) is 16.3. The second-order valence-corrected chi connectivity index (χ2v) is 31.6. The van der Waals surface area contributed by atoms with E-state index in [2.05, 4.69) is 161 Å². The Morgan fingerprint density at radius 3 is 0.930 bits per heavy atom. The topological polar surface area (TPSA) is 129 Å². The maximum absolute atomic E-state index is 14.8. The van der Waals surface area contributed by atoms with Crippen molar-refractivity contribution in [1.29, 1.82) is 21.0 Å². The van der Waals surface area contributed by atoms with Gasteiger partial charge in [0.25, 0.3) is 0 Å². The van der Waals surface area contributed by atoms with Gasteiger partial charge in [-0.1, -0.05) is 250 Å². The number of carbonyl (C=O) groups is 2. The molecule has 6 aromatic carbocycles. The van der Waals surface area contributed by atoms with Crippen molar-refractivity contribution < 1.29 is 9.59 Å². The van der Waals surface area contributed by atoms with Gasteiger partial charge < -0.3 is 0 Å². The lowest BCUT2D eigenvalue weighted by Crippen LogP contribution is -2.29. The van der Waals surface area contributed by atoms with Crippen molar-refractivity contribution in [2.45, 2.75) is 167 Å². The van der Waals surface area contributed by atoms with Crippen LogP contribution in [0, 0.1) is 45.3 Å². The normalized spacial score (nSPS) is 15.0. The first kappa shape index (κ1) is 67.8. The smallest absolute Gasteiger partial charge is 0.194 e. The van der Waals surface area contributed by atoms with E-state index in [1.165, 1.54) is 130 Å². The maximum Gasteiger partial charge on any atom is 0.194 e. The van der Waals surface area contributed by atoms with E-state index < -0.39 is 10.8 Å². The molecule has 0 N–H and O–H groups in total. The number of thiophene rings is 4. The number of carbonyl (C=O) groups excluding carboxylic acids is 2. The predicted octanol–water partition coefficient (Wildman–Crippen LogP) is 24.5. The van der Waals surface area contributed by atoms with Crippen LogP contribution in [0.5, 0.6) is 0 Å². The number of nitrogens with zero attached hydrogens (tertiary/aromatic N) is 4. The fourth-order valence-corrected chi connectivity index (χ4v) is 22.0. The average Bonchev–Trinajstić information content (AvgIpc) is 1.49. The average molecular weight is 1380 g/mol. The van der Waals surface area contributed by atoms with Crippen LogP contribution in [0.3, 0.4) is 0 Å². The van der Waals surface area contributed by atoms with E-state index in [1.54, 1.807) is 34.8 Å². The quantitative estimate of drug-likeness (QED) is 0.0302. The molecule has 0 spiro atoms. The van der Waals surface area contributed by atoms with Crippen molar-refractivity contribution in [1.82, 2.24) is 0 Å². The van der Waals surface area contributed by atoms with Gasteiger partial charge >= 0.3 is 0 Å². The van der Waals surface area contributed by atoms with Crippen molar-refractivity contribution in [2.24, 2.45) is 0 Å². The van der Waals surface area contributed by atoms with Crippen molar-refractivity contribution in [2.75, 3.05) is 0 Å². The Morgan fingerprint density at radius 2 is 0.650 bits per heavy atom. The Balaban J connectivity index is 1.06. The SMILES string of the molecule is CCCCCCc1ccc(C2(c3ccc(CCCCCC)cc3)c3cc(/C=C4\C(=O)c5ccccc5C4=C(C#N)C#N)sc3-c3sc4c5c(sc4c32)-c2sc(/C=C3\C(=O)c4ccccc4C3=C(C#N)C#N)cc2C5(c2ccc(CCCCCC)cc2)c2ccc(CCCCCC)cc2)cc1. The minimum atomic E-state index is -0.850. The molecule has 0 saturated carbocycles. The van der Waals surface area contributed by atoms with Crippen LogP contribution in [0.1, 0.15) is 239 Å². The molecule has 0 bridgehead atoms. The number of ketones is 2. The summed E-state index contributed by atoms with van der Waals surface area (Å²) in [5, 5.41) is 42.0. The third-order valence-corrected chi connectivity index (χ3v) is 26.3. The minimum Gasteiger partial charge on any atom is -0.289 e. The van der Waals surface area contributed by atoms with Crippen molar-refractivity contribution in [3.8, 4) is 43.8 Å². The Kier molecular flexibility index (Phi) is 20.0. The number of unbranched alkanes of at least 4 members (excludes halogenated alkanes) is 12. The number of aryl methyl sites for hydroxylation is 4. The van der Waals surface area contributed by atoms with Crippen LogP contribution in [-0.4, -0.2) is 11.6 Å². The van der Waals surface area contributed by atoms with Crippen LogP contribution in [0.15, 0.2) is 180 Å². The zero-order valence-corrected chi connectivity index (χ0v) is 60.8. The molecule has 4 aliphatic carbocycles. The van der Waals surface area contributed by atoms with E-state index in [1.807, 2.05) is 71.2 Å². The number of hydrogen-bond donors (Lipinski definition) is 0. The number of nitriles is 4. The molecule has 100 heavy (non-hydrogen) atoms. The van der Waals surface area contributed by atoms with E-state index in [0.29, 0.717) is 44.5 Å². The molecule has 0 fully saturated rings. The number of benzene rings is 6. The van der Waals surface area contributed by atoms with Gasteiger partial charge in [0.05, 0.1) is 39.7 Å². The Morgan fingerprint density at radius 1 is 0.360 bits per heavy atom. The Hall–Kier alpha value is -9.36. The standard InChI is InChI=1S/C90H80N4O2S4/c1-5-9-13-17-25-57-33-41-63(42-34-57)89(64-43-35-58(36-44-64)26-18-14-10-6-2)75-51-67(49-73-77(61(53-91)54-92)69-29-21-23-31-71(69)81(73)95)97-83(75)85-79(89)87-88(99-85)80-86(100-87)84-76(52-68(98-84)50-74-78(62(55-93)56-94)70-30-22-24-32-72(70)82(74)96)90(80,65-45-37-59(38-46-65)27-19-15-11-7-3)66-47-39-60(40-48-66)28-20-16-12-8-4/h21-24,29-52H,5-20,25-28H2,1-4H3/b73-49-,74-50-. The summed E-state index contributed by atoms with van der Waals surface area (Å²) in [5.41, 5.74) is 16.4. The van der Waals surface area contributed by atoms with Gasteiger partial charge in [-0.3, -0.25) is 9.59 Å². The van der Waals surface area contributed by atoms with Gasteiger partial charge in [0.1, 0.15) is 35.4 Å². The van der Waals surface area contributed by atoms with Gasteiger partial charge in [-0.15, -0.1) is 45.3 Å². The zero-order chi connectivity index (χ0) is 69.1. The third kappa shape index (κ3) is 11.8. The van der Waals surface area contributed by atoms with Gasteiger partial charge in [-0.2, -0.15) is 21.0 Å². The van der Waals surface area contributed by atoms with Gasteiger partial charge in [-0.05, 0) is 142 Å². The lowest BCUT2D eigenvalue weighted by atomic mass is 9.67. The molecular formula is C90H80N4O2S4. The molecule has 0 atom stereocenters. The minimum absolute atomic E-state index is 0.0856. The number of rotatable bonds is 26. The summed E-state index contributed by atoms with van der Waals surface area (Å²) >= 11 is 7.14. The molecule has 4 aliphatic rings. The van der Waals surface area contributed by atoms with Crippen LogP contribution in [0.25, 0.3) is 52.2 Å². The number of allylic oxidation sites excluding steroid dienone is 6. The van der Waals surface area contributed by atoms with E-state index in [0.717, 1.165) is 104 Å². The van der Waals surface area contributed by atoms with E-state index in [9.17, 15) is 30.6 Å². The van der Waals surface area contributed by atoms with E-state index >= 15 is 0 Å². The summed E-state index contributed by atoms with van der Waals surface area (Å²) in [4.78, 5) is 36.0. The highest BCUT2D eigenvalue weighted by atomic mass is 32.1. The van der Waals surface area contributed by atoms with Crippen molar-refractivity contribution in [3.05, 3.63) is 279 Å². The molecule has 10 heteroatoms. The Bertz CT molecular complexity index is 4670. The molecular weight excluding hydrogens is 1300 g/mol. The van der Waals surface area contributed by atoms with Gasteiger partial charge in [-0.25, -0.2) is 0 Å². The van der Waals surface area contributed by atoms with Crippen LogP contribution in [-0.2, 0) is 36.5 Å². The summed E-state index contributed by atoms with van der Waals surface area (Å²) in [5.74, 6) is -0.401. The summed E-state index contributed by atoms with van der Waals surface area (Å²) in [6.07, 6.45) is 26.6. The van der Waals surface area contributed by atoms with Crippen LogP contribution in [0.4, 0.5) is 0 Å². The fraction of sp³-hybridized carbons (Fsp3) is 0.289. The molecule has 14 rings (SSSR count). The lowest BCUT2D eigenvalue weighted by Gasteiger charge is -2.34. The molecule has 4 aromatic heterocycles. The molecule has 0 aliphatic heterocycles. The summed E-state index contributed by atoms with van der Waals surface area (Å²) < 4.78 is 2.45. The van der Waals surface area contributed by atoms with Crippen LogP contribution >= 0.6 is 45.3 Å². The van der Waals surface area contributed by atoms with Crippen LogP contribution < -0.4 is 0 Å². The van der Waals surface area contributed by atoms with Gasteiger partial charge in [0.15, 0.2) is 11.6 Å². The van der Waals surface area contributed by atoms with E-state index in [-0.39, 0.29) is 22.7 Å². The van der Waals surface area contributed by atoms with Gasteiger partial charge in [0, 0.05) is 54.3 Å². The van der Waals surface area contributed by atoms with Crippen molar-refractivity contribution >= 4 is 89.6 Å². The van der Waals surface area contributed by atoms with Crippen LogP contribution in [0.2, 0.25) is 0 Å². The zero-order valence-electron chi connectivity index (χ0n) is 57.5. The Labute approximate surface area is 605 Å². The molecule has 4 heterocycles. The lowest BCUT2D eigenvalue weighted by molar-refractivity contribution is 0.103. The molecule has 0 saturated heterocycles. The van der Waals surface area contributed by atoms with Gasteiger partial charge in [0.2, 0.25) is 0 Å². The second-order valence-electron chi connectivity index (χ2n) is 27.4. The predicted molar refractivity (Wildman–Crippen MR) is 415 cm³/mol. The van der Waals surface area contributed by atoms with Crippen molar-refractivity contribution in [3.63, 3.8) is 0 Å². The molecule has 6 nitrogen and oxygen atoms in total.